The van der Waals surface area contributed by atoms with Gasteiger partial charge in [0.15, 0.2) is 11.5 Å². The molecule has 0 fully saturated rings. The highest BCUT2D eigenvalue weighted by Gasteiger charge is 2.12. The van der Waals surface area contributed by atoms with E-state index in [-0.39, 0.29) is 0 Å². The van der Waals surface area contributed by atoms with Crippen LogP contribution in [0.3, 0.4) is 0 Å². The normalized spacial score (nSPS) is 10.4. The van der Waals surface area contributed by atoms with Gasteiger partial charge in [0, 0.05) is 22.7 Å². The monoisotopic (exact) mass is 345 g/mol. The van der Waals surface area contributed by atoms with Gasteiger partial charge in [-0.2, -0.15) is 5.21 Å². The lowest BCUT2D eigenvalue weighted by Crippen LogP contribution is -2.06. The molecule has 8 heteroatoms. The van der Waals surface area contributed by atoms with Crippen LogP contribution >= 0.6 is 11.6 Å². The summed E-state index contributed by atoms with van der Waals surface area (Å²) in [6.45, 7) is 0.809. The largest absolute Gasteiger partial charge is 0.493 e. The van der Waals surface area contributed by atoms with Crippen LogP contribution in [0.2, 0.25) is 5.02 Å². The van der Waals surface area contributed by atoms with Crippen molar-refractivity contribution in [1.29, 1.82) is 0 Å². The van der Waals surface area contributed by atoms with Crippen molar-refractivity contribution in [2.45, 2.75) is 13.2 Å². The van der Waals surface area contributed by atoms with Gasteiger partial charge in [-0.15, -0.1) is 5.10 Å². The van der Waals surface area contributed by atoms with Gasteiger partial charge in [-0.1, -0.05) is 47.0 Å². The fourth-order valence-corrected chi connectivity index (χ4v) is 2.39. The third-order valence-corrected chi connectivity index (χ3v) is 3.76. The van der Waals surface area contributed by atoms with Gasteiger partial charge in [-0.05, 0) is 17.3 Å². The maximum absolute atomic E-state index is 6.18. The second-order valence-corrected chi connectivity index (χ2v) is 5.32. The second kappa shape index (κ2) is 7.65. The summed E-state index contributed by atoms with van der Waals surface area (Å²) in [6.07, 6.45) is 0. The number of halogens is 1. The summed E-state index contributed by atoms with van der Waals surface area (Å²) in [7, 11) is 1.61. The van der Waals surface area contributed by atoms with Crippen molar-refractivity contribution >= 4 is 17.5 Å². The summed E-state index contributed by atoms with van der Waals surface area (Å²) in [6, 6.07) is 13.3. The van der Waals surface area contributed by atoms with Crippen LogP contribution in [0.25, 0.3) is 0 Å². The summed E-state index contributed by atoms with van der Waals surface area (Å²) >= 11 is 6.18. The van der Waals surface area contributed by atoms with Crippen LogP contribution in [0, 0.1) is 0 Å². The van der Waals surface area contributed by atoms with E-state index in [4.69, 9.17) is 21.1 Å². The fraction of sp³-hybridized carbons (Fsp3) is 0.188. The number of nitrogens with one attached hydrogen (secondary N) is 2. The number of ether oxygens (including phenoxy) is 2. The van der Waals surface area contributed by atoms with Crippen LogP contribution < -0.4 is 14.8 Å². The molecular weight excluding hydrogens is 330 g/mol. The Balaban J connectivity index is 1.78. The minimum atomic E-state index is 0.343. The molecule has 0 saturated heterocycles. The minimum absolute atomic E-state index is 0.343. The molecular formula is C16H16ClN5O2. The standard InChI is InChI=1S/C16H16ClN5O2/c1-23-14-8-4-6-11(9-18-16-19-21-22-20-16)15(14)24-10-12-5-2-3-7-13(12)17/h2-8H,9-10H2,1H3,(H2,18,19,20,21,22). The number of aromatic amines is 1. The number of H-pyrrole nitrogens is 1. The van der Waals surface area contributed by atoms with Gasteiger partial charge in [0.1, 0.15) is 6.61 Å². The molecule has 24 heavy (non-hydrogen) atoms. The van der Waals surface area contributed by atoms with E-state index in [1.165, 1.54) is 0 Å². The first kappa shape index (κ1) is 16.1. The summed E-state index contributed by atoms with van der Waals surface area (Å²) in [4.78, 5) is 0. The lowest BCUT2D eigenvalue weighted by Gasteiger charge is -2.15. The highest BCUT2D eigenvalue weighted by Crippen LogP contribution is 2.32. The van der Waals surface area contributed by atoms with E-state index >= 15 is 0 Å². The molecule has 124 valence electrons. The number of benzene rings is 2. The maximum Gasteiger partial charge on any atom is 0.263 e. The van der Waals surface area contributed by atoms with Crippen molar-refractivity contribution in [3.8, 4) is 11.5 Å². The summed E-state index contributed by atoms with van der Waals surface area (Å²) < 4.78 is 11.4. The van der Waals surface area contributed by atoms with Crippen LogP contribution in [0.15, 0.2) is 42.5 Å². The number of aromatic nitrogens is 4. The van der Waals surface area contributed by atoms with E-state index in [1.807, 2.05) is 42.5 Å². The van der Waals surface area contributed by atoms with Crippen LogP contribution in [-0.4, -0.2) is 27.7 Å². The predicted octanol–water partition coefficient (Wildman–Crippen LogP) is 3.05. The van der Waals surface area contributed by atoms with Crippen molar-refractivity contribution in [3.63, 3.8) is 0 Å². The number of nitrogens with zero attached hydrogens (tertiary/aromatic N) is 3. The zero-order valence-corrected chi connectivity index (χ0v) is 13.7. The van der Waals surface area contributed by atoms with Crippen molar-refractivity contribution in [2.24, 2.45) is 0 Å². The van der Waals surface area contributed by atoms with Gasteiger partial charge in [-0.25, -0.2) is 0 Å². The molecule has 0 spiro atoms. The number of rotatable bonds is 7. The molecule has 2 aromatic carbocycles. The Bertz CT molecular complexity index is 795. The first-order chi connectivity index (χ1) is 11.8. The molecule has 7 nitrogen and oxygen atoms in total. The molecule has 3 aromatic rings. The second-order valence-electron chi connectivity index (χ2n) is 4.92. The average molecular weight is 346 g/mol. The van der Waals surface area contributed by atoms with E-state index in [1.54, 1.807) is 7.11 Å². The molecule has 1 aromatic heterocycles. The lowest BCUT2D eigenvalue weighted by molar-refractivity contribution is 0.282. The SMILES string of the molecule is COc1cccc(CNc2nn[nH]n2)c1OCc1ccccc1Cl. The van der Waals surface area contributed by atoms with Gasteiger partial charge in [0.25, 0.3) is 5.95 Å². The zero-order chi connectivity index (χ0) is 16.8. The number of tetrazole rings is 1. The fourth-order valence-electron chi connectivity index (χ4n) is 2.20. The highest BCUT2D eigenvalue weighted by atomic mass is 35.5. The minimum Gasteiger partial charge on any atom is -0.493 e. The smallest absolute Gasteiger partial charge is 0.263 e. The first-order valence-electron chi connectivity index (χ1n) is 7.27. The molecule has 0 atom stereocenters. The first-order valence-corrected chi connectivity index (χ1v) is 7.65. The quantitative estimate of drug-likeness (QED) is 0.684. The maximum atomic E-state index is 6.18. The Morgan fingerprint density at radius 3 is 2.71 bits per heavy atom. The number of para-hydroxylation sites is 1. The van der Waals surface area contributed by atoms with Crippen LogP contribution in [0.5, 0.6) is 11.5 Å². The number of hydrogen-bond donors (Lipinski definition) is 2. The number of methoxy groups -OCH3 is 1. The van der Waals surface area contributed by atoms with Gasteiger partial charge in [0.05, 0.1) is 7.11 Å². The van der Waals surface area contributed by atoms with E-state index < -0.39 is 0 Å². The van der Waals surface area contributed by atoms with Gasteiger partial charge in [-0.3, -0.25) is 0 Å². The van der Waals surface area contributed by atoms with E-state index in [0.717, 1.165) is 11.1 Å². The van der Waals surface area contributed by atoms with E-state index in [2.05, 4.69) is 25.9 Å². The van der Waals surface area contributed by atoms with Crippen LogP contribution in [0.1, 0.15) is 11.1 Å². The molecule has 0 saturated carbocycles. The van der Waals surface area contributed by atoms with Gasteiger partial charge in [0.2, 0.25) is 0 Å². The molecule has 1 heterocycles. The molecule has 0 bridgehead atoms. The zero-order valence-electron chi connectivity index (χ0n) is 13.0. The molecule has 0 unspecified atom stereocenters. The topological polar surface area (TPSA) is 85.0 Å². The Kier molecular flexibility index (Phi) is 5.12. The Morgan fingerprint density at radius 1 is 1.12 bits per heavy atom. The average Bonchev–Trinajstić information content (AvgIpc) is 3.13. The predicted molar refractivity (Wildman–Crippen MR) is 90.3 cm³/mol. The van der Waals surface area contributed by atoms with Crippen LogP contribution in [-0.2, 0) is 13.2 Å². The van der Waals surface area contributed by atoms with Gasteiger partial charge >= 0.3 is 0 Å². The van der Waals surface area contributed by atoms with Crippen molar-refractivity contribution < 1.29 is 9.47 Å². The molecule has 2 N–H and O–H groups in total. The molecule has 0 aliphatic rings. The van der Waals surface area contributed by atoms with Crippen molar-refractivity contribution in [1.82, 2.24) is 20.6 Å². The lowest BCUT2D eigenvalue weighted by atomic mass is 10.1. The molecule has 0 radical (unpaired) electrons. The summed E-state index contributed by atoms with van der Waals surface area (Å²) in [5.41, 5.74) is 1.81. The number of hydrogen-bond acceptors (Lipinski definition) is 6. The molecule has 0 aliphatic carbocycles. The third-order valence-electron chi connectivity index (χ3n) is 3.39. The Morgan fingerprint density at radius 2 is 1.96 bits per heavy atom. The highest BCUT2D eigenvalue weighted by molar-refractivity contribution is 6.31. The van der Waals surface area contributed by atoms with Crippen molar-refractivity contribution in [2.75, 3.05) is 12.4 Å². The van der Waals surface area contributed by atoms with E-state index in [0.29, 0.717) is 35.6 Å². The number of anilines is 1. The van der Waals surface area contributed by atoms with E-state index in [9.17, 15) is 0 Å². The molecule has 0 aliphatic heterocycles. The third kappa shape index (κ3) is 3.75. The molecule has 3 rings (SSSR count). The van der Waals surface area contributed by atoms with Gasteiger partial charge < -0.3 is 14.8 Å². The Labute approximate surface area is 143 Å². The summed E-state index contributed by atoms with van der Waals surface area (Å²) in [5.74, 6) is 1.71. The van der Waals surface area contributed by atoms with Crippen LogP contribution in [0.4, 0.5) is 5.95 Å². The molecule has 0 amide bonds. The van der Waals surface area contributed by atoms with Crippen molar-refractivity contribution in [3.05, 3.63) is 58.6 Å². The Hall–Kier alpha value is -2.80. The summed E-state index contributed by atoms with van der Waals surface area (Å²) in [5, 5.41) is 17.4.